The van der Waals surface area contributed by atoms with Crippen molar-refractivity contribution in [2.45, 2.75) is 37.4 Å². The van der Waals surface area contributed by atoms with Gasteiger partial charge in [-0.05, 0) is 37.5 Å². The van der Waals surface area contributed by atoms with Crippen LogP contribution in [0.1, 0.15) is 29.8 Å². The maximum Gasteiger partial charge on any atom is 0.289 e. The number of halogens is 1. The molecule has 3 atom stereocenters. The molecule has 2 saturated heterocycles. The molecule has 0 spiro atoms. The molecule has 0 unspecified atom stereocenters. The minimum absolute atomic E-state index is 0.0179. The third-order valence-electron chi connectivity index (χ3n) is 4.77. The number of hydrogen-bond acceptors (Lipinski definition) is 5. The normalized spacial score (nSPS) is 24.8. The van der Waals surface area contributed by atoms with Crippen LogP contribution >= 0.6 is 11.6 Å². The molecule has 1 amide bonds. The summed E-state index contributed by atoms with van der Waals surface area (Å²) in [7, 11) is 0. The number of fused-ring (bicyclic) bond motifs is 2. The number of carbonyl (C=O) groups is 1. The lowest BCUT2D eigenvalue weighted by molar-refractivity contribution is 0.0901. The van der Waals surface area contributed by atoms with Crippen LogP contribution in [0.3, 0.4) is 0 Å². The Balaban J connectivity index is 1.48. The van der Waals surface area contributed by atoms with Gasteiger partial charge in [-0.25, -0.2) is 4.98 Å². The van der Waals surface area contributed by atoms with Crippen LogP contribution < -0.4 is 5.32 Å². The predicted molar refractivity (Wildman–Crippen MR) is 87.1 cm³/mol. The van der Waals surface area contributed by atoms with E-state index in [1.54, 1.807) is 18.2 Å². The van der Waals surface area contributed by atoms with Gasteiger partial charge in [0.1, 0.15) is 0 Å². The van der Waals surface area contributed by atoms with Crippen LogP contribution in [-0.2, 0) is 0 Å². The highest BCUT2D eigenvalue weighted by atomic mass is 35.5. The number of nitrogens with zero attached hydrogens (tertiary/aromatic N) is 3. The summed E-state index contributed by atoms with van der Waals surface area (Å²) >= 11 is 5.96. The van der Waals surface area contributed by atoms with Crippen molar-refractivity contribution in [2.24, 2.45) is 0 Å². The number of amides is 1. The first-order valence-electron chi connectivity index (χ1n) is 7.86. The number of hydrogen-bond donors (Lipinski definition) is 1. The van der Waals surface area contributed by atoms with E-state index in [-0.39, 0.29) is 29.8 Å². The minimum atomic E-state index is -0.300. The van der Waals surface area contributed by atoms with Crippen molar-refractivity contribution in [3.05, 3.63) is 41.2 Å². The molecular formula is C17H15ClN4O2. The Kier molecular flexibility index (Phi) is 3.66. The van der Waals surface area contributed by atoms with E-state index in [4.69, 9.17) is 16.0 Å². The first-order valence-corrected chi connectivity index (χ1v) is 8.24. The molecule has 3 heterocycles. The Labute approximate surface area is 144 Å². The van der Waals surface area contributed by atoms with Crippen molar-refractivity contribution in [2.75, 3.05) is 0 Å². The zero-order chi connectivity index (χ0) is 16.7. The molecule has 0 saturated carbocycles. The molecule has 4 rings (SSSR count). The molecule has 1 aromatic heterocycles. The largest absolute Gasteiger partial charge is 0.431 e. The van der Waals surface area contributed by atoms with Gasteiger partial charge in [-0.2, -0.15) is 5.26 Å². The van der Waals surface area contributed by atoms with Gasteiger partial charge in [0, 0.05) is 16.6 Å². The summed E-state index contributed by atoms with van der Waals surface area (Å²) in [5.41, 5.74) is 0.720. The average molecular weight is 343 g/mol. The van der Waals surface area contributed by atoms with E-state index in [0.29, 0.717) is 10.9 Å². The third-order valence-corrected chi connectivity index (χ3v) is 5.00. The average Bonchev–Trinajstić information content (AvgIpc) is 3.28. The number of benzene rings is 1. The molecule has 7 heteroatoms. The van der Waals surface area contributed by atoms with E-state index < -0.39 is 0 Å². The van der Waals surface area contributed by atoms with Crippen molar-refractivity contribution in [3.8, 4) is 17.6 Å². The second-order valence-electron chi connectivity index (χ2n) is 6.16. The molecule has 2 bridgehead atoms. The van der Waals surface area contributed by atoms with Crippen LogP contribution in [0, 0.1) is 11.5 Å². The Morgan fingerprint density at radius 2 is 2.33 bits per heavy atom. The van der Waals surface area contributed by atoms with Gasteiger partial charge in [-0.15, -0.1) is 0 Å². The molecule has 24 heavy (non-hydrogen) atoms. The van der Waals surface area contributed by atoms with Gasteiger partial charge < -0.3 is 14.6 Å². The van der Waals surface area contributed by atoms with E-state index >= 15 is 0 Å². The highest BCUT2D eigenvalue weighted by molar-refractivity contribution is 6.30. The van der Waals surface area contributed by atoms with E-state index in [0.717, 1.165) is 24.8 Å². The van der Waals surface area contributed by atoms with Crippen molar-refractivity contribution < 1.29 is 9.21 Å². The molecule has 0 radical (unpaired) electrons. The lowest BCUT2D eigenvalue weighted by atomic mass is 9.95. The summed E-state index contributed by atoms with van der Waals surface area (Å²) in [6.07, 6.45) is 6.41. The zero-order valence-electron chi connectivity index (χ0n) is 12.8. The fourth-order valence-electron chi connectivity index (χ4n) is 3.67. The molecule has 2 aliphatic heterocycles. The van der Waals surface area contributed by atoms with Crippen molar-refractivity contribution >= 4 is 17.5 Å². The molecule has 1 N–H and O–H groups in total. The van der Waals surface area contributed by atoms with E-state index in [9.17, 15) is 10.1 Å². The van der Waals surface area contributed by atoms with Crippen LogP contribution in [0.15, 0.2) is 34.9 Å². The Bertz CT molecular complexity index is 828. The first kappa shape index (κ1) is 15.0. The summed E-state index contributed by atoms with van der Waals surface area (Å²) < 4.78 is 5.57. The monoisotopic (exact) mass is 342 g/mol. The standard InChI is InChI=1S/C17H15ClN4O2/c18-11-3-1-2-10(6-11)17-20-8-15(24-17)16(23)21-13-7-12-4-5-14(13)22(12)9-19/h1-3,6,8,12-14H,4-5,7H2,(H,21,23)/t12-,13+,14+/m0/s1. The van der Waals surface area contributed by atoms with Gasteiger partial charge in [0.25, 0.3) is 5.91 Å². The van der Waals surface area contributed by atoms with Crippen LogP contribution in [0.4, 0.5) is 0 Å². The van der Waals surface area contributed by atoms with Crippen molar-refractivity contribution in [1.82, 2.24) is 15.2 Å². The van der Waals surface area contributed by atoms with E-state index in [2.05, 4.69) is 16.5 Å². The smallest absolute Gasteiger partial charge is 0.289 e. The van der Waals surface area contributed by atoms with Gasteiger partial charge in [0.2, 0.25) is 11.7 Å². The van der Waals surface area contributed by atoms with Gasteiger partial charge in [0.05, 0.1) is 18.3 Å². The van der Waals surface area contributed by atoms with Crippen LogP contribution in [-0.4, -0.2) is 33.9 Å². The quantitative estimate of drug-likeness (QED) is 0.867. The van der Waals surface area contributed by atoms with Crippen molar-refractivity contribution in [3.63, 3.8) is 0 Å². The molecule has 2 aliphatic rings. The van der Waals surface area contributed by atoms with Crippen LogP contribution in [0.25, 0.3) is 11.5 Å². The fourth-order valence-corrected chi connectivity index (χ4v) is 3.86. The molecule has 2 fully saturated rings. The Morgan fingerprint density at radius 3 is 3.08 bits per heavy atom. The molecule has 1 aromatic carbocycles. The molecule has 0 aliphatic carbocycles. The maximum absolute atomic E-state index is 12.4. The zero-order valence-corrected chi connectivity index (χ0v) is 13.5. The summed E-state index contributed by atoms with van der Waals surface area (Å²) in [6.45, 7) is 0. The predicted octanol–water partition coefficient (Wildman–Crippen LogP) is 2.81. The van der Waals surface area contributed by atoms with Gasteiger partial charge in [-0.1, -0.05) is 17.7 Å². The lowest BCUT2D eigenvalue weighted by Gasteiger charge is -2.21. The van der Waals surface area contributed by atoms with Crippen LogP contribution in [0.2, 0.25) is 5.02 Å². The van der Waals surface area contributed by atoms with Gasteiger partial charge >= 0.3 is 0 Å². The van der Waals surface area contributed by atoms with E-state index in [1.807, 2.05) is 11.0 Å². The van der Waals surface area contributed by atoms with Crippen molar-refractivity contribution in [1.29, 1.82) is 5.26 Å². The lowest BCUT2D eigenvalue weighted by Crippen LogP contribution is -2.43. The highest BCUT2D eigenvalue weighted by Gasteiger charge is 2.46. The Morgan fingerprint density at radius 1 is 1.46 bits per heavy atom. The molecule has 6 nitrogen and oxygen atoms in total. The Hall–Kier alpha value is -2.52. The number of aromatic nitrogens is 1. The number of nitriles is 1. The number of rotatable bonds is 3. The molecule has 122 valence electrons. The minimum Gasteiger partial charge on any atom is -0.431 e. The molecular weight excluding hydrogens is 328 g/mol. The SMILES string of the molecule is N#CN1[C@H]2CC[C@@H]1[C@H](NC(=O)c1cnc(-c3cccc(Cl)c3)o1)C2. The second-order valence-corrected chi connectivity index (χ2v) is 6.60. The molecule has 2 aromatic rings. The number of nitrogens with one attached hydrogen (secondary N) is 1. The number of oxazole rings is 1. The first-order chi connectivity index (χ1) is 11.7. The topological polar surface area (TPSA) is 82.2 Å². The maximum atomic E-state index is 12.4. The van der Waals surface area contributed by atoms with E-state index in [1.165, 1.54) is 6.20 Å². The highest BCUT2D eigenvalue weighted by Crippen LogP contribution is 2.37. The number of carbonyl (C=O) groups excluding carboxylic acids is 1. The fraction of sp³-hybridized carbons (Fsp3) is 0.353. The van der Waals surface area contributed by atoms with Gasteiger partial charge in [-0.3, -0.25) is 4.79 Å². The second kappa shape index (κ2) is 5.84. The summed E-state index contributed by atoms with van der Waals surface area (Å²) in [6, 6.07) is 7.44. The summed E-state index contributed by atoms with van der Waals surface area (Å²) in [5, 5.41) is 12.7. The third kappa shape index (κ3) is 2.51. The van der Waals surface area contributed by atoms with Crippen LogP contribution in [0.5, 0.6) is 0 Å². The summed E-state index contributed by atoms with van der Waals surface area (Å²) in [5.74, 6) is 0.219. The summed E-state index contributed by atoms with van der Waals surface area (Å²) in [4.78, 5) is 18.4. The van der Waals surface area contributed by atoms with Gasteiger partial charge in [0.15, 0.2) is 6.19 Å².